The van der Waals surface area contributed by atoms with Crippen molar-refractivity contribution in [1.82, 2.24) is 15.2 Å². The van der Waals surface area contributed by atoms with Gasteiger partial charge in [-0.2, -0.15) is 0 Å². The van der Waals surface area contributed by atoms with Gasteiger partial charge in [-0.05, 0) is 92.0 Å². The van der Waals surface area contributed by atoms with Crippen LogP contribution in [0.25, 0.3) is 11.1 Å². The van der Waals surface area contributed by atoms with Gasteiger partial charge in [-0.15, -0.1) is 0 Å². The lowest BCUT2D eigenvalue weighted by molar-refractivity contribution is 0.00542. The van der Waals surface area contributed by atoms with Crippen molar-refractivity contribution >= 4 is 20.5 Å². The summed E-state index contributed by atoms with van der Waals surface area (Å²) in [6.07, 6.45) is 2.81. The molecule has 0 aliphatic carbocycles. The van der Waals surface area contributed by atoms with E-state index in [2.05, 4.69) is 68.4 Å². The molecule has 0 fully saturated rings. The van der Waals surface area contributed by atoms with Crippen LogP contribution in [0, 0.1) is 0 Å². The predicted octanol–water partition coefficient (Wildman–Crippen LogP) is 9.76. The molecule has 0 bridgehead atoms. The second-order valence-corrected chi connectivity index (χ2v) is 20.5. The smallest absolute Gasteiger partial charge is 0.408 e. The Hall–Kier alpha value is -4.47. The second kappa shape index (κ2) is 17.2. The molecule has 0 unspecified atom stereocenters. The van der Waals surface area contributed by atoms with Crippen molar-refractivity contribution in [3.63, 3.8) is 0 Å². The molecule has 2 amide bonds. The third-order valence-electron chi connectivity index (χ3n) is 9.71. The molecule has 1 aromatic heterocycles. The van der Waals surface area contributed by atoms with Crippen LogP contribution in [-0.2, 0) is 28.6 Å². The van der Waals surface area contributed by atoms with Crippen LogP contribution in [0.5, 0.6) is 0 Å². The standard InChI is InChI=1S/C42H55N3O5Si/c1-41(2,3)45(40(47)48)37(27-31-16-11-9-12-17-31)38(50-51(7,8)42(4,5)6)28-36(44-39(46)49-30-33-18-13-10-14-19-33)26-32-21-23-34(24-22-32)35-20-15-25-43-29-35/h9-25,29,36-38H,26-28,30H2,1-8H3,(H,44,46)(H,47,48)/t36-,37-,38-/m0/s1. The van der Waals surface area contributed by atoms with Crippen molar-refractivity contribution in [1.29, 1.82) is 0 Å². The Balaban J connectivity index is 1.74. The summed E-state index contributed by atoms with van der Waals surface area (Å²) in [5, 5.41) is 13.8. The van der Waals surface area contributed by atoms with Gasteiger partial charge in [0, 0.05) is 24.0 Å². The van der Waals surface area contributed by atoms with E-state index in [4.69, 9.17) is 9.16 Å². The topological polar surface area (TPSA) is 101 Å². The summed E-state index contributed by atoms with van der Waals surface area (Å²) < 4.78 is 13.0. The third-order valence-corrected chi connectivity index (χ3v) is 14.2. The molecular formula is C42H55N3O5Si. The van der Waals surface area contributed by atoms with E-state index >= 15 is 0 Å². The molecule has 0 saturated heterocycles. The first-order valence-corrected chi connectivity index (χ1v) is 20.6. The van der Waals surface area contributed by atoms with Gasteiger partial charge in [0.1, 0.15) is 6.61 Å². The number of carbonyl (C=O) groups is 2. The first-order valence-electron chi connectivity index (χ1n) is 17.7. The van der Waals surface area contributed by atoms with E-state index in [1.807, 2.05) is 99.8 Å². The zero-order valence-electron chi connectivity index (χ0n) is 31.4. The summed E-state index contributed by atoms with van der Waals surface area (Å²) in [6.45, 7) is 16.8. The third kappa shape index (κ3) is 11.5. The minimum Gasteiger partial charge on any atom is -0.465 e. The number of pyridine rings is 1. The van der Waals surface area contributed by atoms with Gasteiger partial charge < -0.3 is 19.6 Å². The largest absolute Gasteiger partial charge is 0.465 e. The van der Waals surface area contributed by atoms with Crippen molar-refractivity contribution in [2.24, 2.45) is 0 Å². The van der Waals surface area contributed by atoms with E-state index < -0.39 is 44.2 Å². The highest BCUT2D eigenvalue weighted by atomic mass is 28.4. The Morgan fingerprint density at radius 2 is 1.37 bits per heavy atom. The number of carbonyl (C=O) groups excluding carboxylic acids is 1. The number of nitrogens with one attached hydrogen (secondary N) is 1. The van der Waals surface area contributed by atoms with Crippen LogP contribution in [0.2, 0.25) is 18.1 Å². The van der Waals surface area contributed by atoms with Crippen LogP contribution in [0.4, 0.5) is 9.59 Å². The van der Waals surface area contributed by atoms with Gasteiger partial charge in [0.25, 0.3) is 0 Å². The fraction of sp³-hybridized carbons (Fsp3) is 0.405. The Bertz CT molecular complexity index is 1670. The molecule has 3 atom stereocenters. The lowest BCUT2D eigenvalue weighted by atomic mass is 9.90. The van der Waals surface area contributed by atoms with Gasteiger partial charge in [0.15, 0.2) is 8.32 Å². The quantitative estimate of drug-likeness (QED) is 0.127. The summed E-state index contributed by atoms with van der Waals surface area (Å²) in [6, 6.07) is 30.7. The summed E-state index contributed by atoms with van der Waals surface area (Å²) >= 11 is 0. The number of alkyl carbamates (subject to hydrolysis) is 1. The van der Waals surface area contributed by atoms with Crippen molar-refractivity contribution in [2.45, 2.75) is 109 Å². The zero-order chi connectivity index (χ0) is 37.2. The molecule has 1 heterocycles. The SMILES string of the molecule is CC(C)(C)N(C(=O)O)[C@@H](Cc1ccccc1)[C@H](C[C@H](Cc1ccc(-c2cccnc2)cc1)NC(=O)OCc1ccccc1)O[Si](C)(C)C(C)(C)C. The number of rotatable bonds is 14. The summed E-state index contributed by atoms with van der Waals surface area (Å²) in [5.74, 6) is 0. The summed E-state index contributed by atoms with van der Waals surface area (Å²) in [4.78, 5) is 32.4. The molecule has 8 nitrogen and oxygen atoms in total. The highest BCUT2D eigenvalue weighted by Gasteiger charge is 2.45. The number of amides is 2. The molecule has 0 saturated carbocycles. The fourth-order valence-corrected chi connectivity index (χ4v) is 7.43. The Kier molecular flexibility index (Phi) is 13.2. The van der Waals surface area contributed by atoms with E-state index in [0.717, 1.165) is 27.8 Å². The minimum absolute atomic E-state index is 0.135. The van der Waals surface area contributed by atoms with Crippen molar-refractivity contribution in [3.05, 3.63) is 126 Å². The van der Waals surface area contributed by atoms with Gasteiger partial charge in [-0.1, -0.05) is 112 Å². The number of hydrogen-bond donors (Lipinski definition) is 2. The van der Waals surface area contributed by atoms with Crippen molar-refractivity contribution < 1.29 is 23.9 Å². The molecule has 272 valence electrons. The maximum Gasteiger partial charge on any atom is 0.408 e. The maximum atomic E-state index is 13.5. The van der Waals surface area contributed by atoms with Crippen molar-refractivity contribution in [3.8, 4) is 11.1 Å². The number of nitrogens with zero attached hydrogens (tertiary/aromatic N) is 2. The molecule has 0 aliphatic rings. The average Bonchev–Trinajstić information content (AvgIpc) is 3.07. The van der Waals surface area contributed by atoms with E-state index in [9.17, 15) is 14.7 Å². The number of aromatic nitrogens is 1. The molecule has 4 rings (SSSR count). The predicted molar refractivity (Wildman–Crippen MR) is 207 cm³/mol. The monoisotopic (exact) mass is 709 g/mol. The Morgan fingerprint density at radius 1 is 0.784 bits per heavy atom. The Labute approximate surface area is 305 Å². The molecule has 51 heavy (non-hydrogen) atoms. The molecule has 0 aliphatic heterocycles. The van der Waals surface area contributed by atoms with Crippen LogP contribution in [0.15, 0.2) is 109 Å². The van der Waals surface area contributed by atoms with Crippen LogP contribution >= 0.6 is 0 Å². The van der Waals surface area contributed by atoms with Gasteiger partial charge >= 0.3 is 12.2 Å². The molecule has 0 spiro atoms. The molecule has 0 radical (unpaired) electrons. The fourth-order valence-electron chi connectivity index (χ4n) is 6.07. The van der Waals surface area contributed by atoms with E-state index in [0.29, 0.717) is 19.3 Å². The normalized spacial score (nSPS) is 13.9. The highest BCUT2D eigenvalue weighted by Crippen LogP contribution is 2.39. The minimum atomic E-state index is -2.46. The van der Waals surface area contributed by atoms with E-state index in [-0.39, 0.29) is 11.6 Å². The first-order chi connectivity index (χ1) is 24.0. The molecule has 3 aromatic carbocycles. The maximum absolute atomic E-state index is 13.5. The number of ether oxygens (including phenoxy) is 1. The van der Waals surface area contributed by atoms with Crippen LogP contribution in [-0.4, -0.2) is 59.2 Å². The molecule has 9 heteroatoms. The van der Waals surface area contributed by atoms with Crippen LogP contribution in [0.1, 0.15) is 64.7 Å². The number of hydrogen-bond acceptors (Lipinski definition) is 5. The molecule has 4 aromatic rings. The number of benzene rings is 3. The van der Waals surface area contributed by atoms with Gasteiger partial charge in [0.2, 0.25) is 0 Å². The Morgan fingerprint density at radius 3 is 1.90 bits per heavy atom. The van der Waals surface area contributed by atoms with Crippen LogP contribution in [0.3, 0.4) is 0 Å². The average molecular weight is 710 g/mol. The van der Waals surface area contributed by atoms with E-state index in [1.54, 1.807) is 11.1 Å². The first kappa shape index (κ1) is 39.3. The molecular weight excluding hydrogens is 655 g/mol. The van der Waals surface area contributed by atoms with Crippen LogP contribution < -0.4 is 5.32 Å². The van der Waals surface area contributed by atoms with Gasteiger partial charge in [0.05, 0.1) is 12.1 Å². The summed E-state index contributed by atoms with van der Waals surface area (Å²) in [5.41, 5.74) is 4.26. The van der Waals surface area contributed by atoms with Gasteiger partial charge in [-0.25, -0.2) is 9.59 Å². The van der Waals surface area contributed by atoms with Gasteiger partial charge in [-0.3, -0.25) is 9.88 Å². The lowest BCUT2D eigenvalue weighted by Gasteiger charge is -2.47. The molecule has 2 N–H and O–H groups in total. The summed E-state index contributed by atoms with van der Waals surface area (Å²) in [7, 11) is -2.46. The second-order valence-electron chi connectivity index (χ2n) is 15.8. The zero-order valence-corrected chi connectivity index (χ0v) is 32.4. The van der Waals surface area contributed by atoms with Crippen molar-refractivity contribution in [2.75, 3.05) is 0 Å². The van der Waals surface area contributed by atoms with E-state index in [1.165, 1.54) is 0 Å². The lowest BCUT2D eigenvalue weighted by Crippen LogP contribution is -2.60. The number of carboxylic acid groups (broad SMARTS) is 1. The highest BCUT2D eigenvalue weighted by molar-refractivity contribution is 6.74.